The minimum atomic E-state index is -0.774. The van der Waals surface area contributed by atoms with Crippen LogP contribution in [0.2, 0.25) is 0 Å². The lowest BCUT2D eigenvalue weighted by molar-refractivity contribution is -0.122. The summed E-state index contributed by atoms with van der Waals surface area (Å²) in [5.41, 5.74) is 2.13. The Labute approximate surface area is 151 Å². The average Bonchev–Trinajstić information content (AvgIpc) is 2.66. The number of anilines is 1. The molecule has 6 nitrogen and oxygen atoms in total. The normalized spacial score (nSPS) is 16.0. The molecule has 1 saturated heterocycles. The van der Waals surface area contributed by atoms with E-state index in [1.165, 1.54) is 13.2 Å². The van der Waals surface area contributed by atoms with Gasteiger partial charge in [-0.25, -0.2) is 9.69 Å². The Balaban J connectivity index is 1.95. The van der Waals surface area contributed by atoms with Gasteiger partial charge in [0.05, 0.1) is 12.8 Å². The molecular formula is C20H18N2O4. The van der Waals surface area contributed by atoms with Crippen LogP contribution in [0.4, 0.5) is 10.5 Å². The lowest BCUT2D eigenvalue weighted by Gasteiger charge is -2.26. The van der Waals surface area contributed by atoms with Gasteiger partial charge >= 0.3 is 6.03 Å². The summed E-state index contributed by atoms with van der Waals surface area (Å²) >= 11 is 0. The first kappa shape index (κ1) is 17.4. The molecule has 0 aromatic heterocycles. The van der Waals surface area contributed by atoms with Crippen molar-refractivity contribution in [1.29, 1.82) is 0 Å². The highest BCUT2D eigenvalue weighted by Gasteiger charge is 2.36. The third kappa shape index (κ3) is 3.35. The van der Waals surface area contributed by atoms with Crippen molar-refractivity contribution in [3.05, 3.63) is 65.2 Å². The molecule has 3 rings (SSSR count). The summed E-state index contributed by atoms with van der Waals surface area (Å²) in [5.74, 6) is -0.769. The molecule has 1 heterocycles. The zero-order chi connectivity index (χ0) is 18.7. The van der Waals surface area contributed by atoms with Gasteiger partial charge in [0.2, 0.25) is 0 Å². The number of hydrogen-bond acceptors (Lipinski definition) is 4. The third-order valence-electron chi connectivity index (χ3n) is 4.13. The molecule has 2 aromatic rings. The number of carbonyl (C=O) groups excluding carboxylic acids is 3. The van der Waals surface area contributed by atoms with Crippen LogP contribution in [0.5, 0.6) is 5.75 Å². The molecule has 0 unspecified atom stereocenters. The number of methoxy groups -OCH3 is 1. The van der Waals surface area contributed by atoms with E-state index in [1.807, 2.05) is 31.2 Å². The molecule has 0 aliphatic carbocycles. The topological polar surface area (TPSA) is 75.7 Å². The smallest absolute Gasteiger partial charge is 0.335 e. The lowest BCUT2D eigenvalue weighted by atomic mass is 10.0. The minimum Gasteiger partial charge on any atom is -0.497 e. The fourth-order valence-electron chi connectivity index (χ4n) is 2.64. The highest BCUT2D eigenvalue weighted by Crippen LogP contribution is 2.24. The maximum Gasteiger partial charge on any atom is 0.335 e. The van der Waals surface area contributed by atoms with E-state index in [9.17, 15) is 14.4 Å². The number of imide groups is 2. The van der Waals surface area contributed by atoms with Crippen molar-refractivity contribution < 1.29 is 19.1 Å². The monoisotopic (exact) mass is 350 g/mol. The SMILES string of the molecule is CCc1ccc(/C=C2\C(=O)NC(=O)N(c3ccc(OC)cc3)C2=O)cc1. The number of nitrogens with zero attached hydrogens (tertiary/aromatic N) is 1. The van der Waals surface area contributed by atoms with Crippen LogP contribution in [0.1, 0.15) is 18.1 Å². The van der Waals surface area contributed by atoms with E-state index in [0.29, 0.717) is 17.0 Å². The van der Waals surface area contributed by atoms with Crippen molar-refractivity contribution in [2.24, 2.45) is 0 Å². The van der Waals surface area contributed by atoms with Gasteiger partial charge in [0, 0.05) is 0 Å². The highest BCUT2D eigenvalue weighted by atomic mass is 16.5. The van der Waals surface area contributed by atoms with Gasteiger partial charge in [-0.05, 0) is 47.9 Å². The number of amides is 4. The van der Waals surface area contributed by atoms with Crippen LogP contribution in [0.25, 0.3) is 6.08 Å². The summed E-state index contributed by atoms with van der Waals surface area (Å²) in [7, 11) is 1.52. The summed E-state index contributed by atoms with van der Waals surface area (Å²) in [6.45, 7) is 2.05. The molecular weight excluding hydrogens is 332 g/mol. The van der Waals surface area contributed by atoms with Gasteiger partial charge in [0.15, 0.2) is 0 Å². The fourth-order valence-corrected chi connectivity index (χ4v) is 2.64. The van der Waals surface area contributed by atoms with Crippen LogP contribution in [-0.2, 0) is 16.0 Å². The number of aryl methyl sites for hydroxylation is 1. The summed E-state index contributed by atoms with van der Waals surface area (Å²) < 4.78 is 5.08. The zero-order valence-electron chi connectivity index (χ0n) is 14.5. The summed E-state index contributed by atoms with van der Waals surface area (Å²) in [6.07, 6.45) is 2.39. The van der Waals surface area contributed by atoms with Gasteiger partial charge in [-0.3, -0.25) is 14.9 Å². The van der Waals surface area contributed by atoms with E-state index >= 15 is 0 Å². The Morgan fingerprint density at radius 1 is 1.00 bits per heavy atom. The van der Waals surface area contributed by atoms with Gasteiger partial charge in [0.1, 0.15) is 11.3 Å². The van der Waals surface area contributed by atoms with Crippen LogP contribution in [0, 0.1) is 0 Å². The van der Waals surface area contributed by atoms with Crippen LogP contribution in [0.3, 0.4) is 0 Å². The Hall–Kier alpha value is -3.41. The maximum atomic E-state index is 12.8. The number of urea groups is 1. The van der Waals surface area contributed by atoms with E-state index in [1.54, 1.807) is 24.3 Å². The van der Waals surface area contributed by atoms with Crippen LogP contribution >= 0.6 is 0 Å². The highest BCUT2D eigenvalue weighted by molar-refractivity contribution is 6.39. The third-order valence-corrected chi connectivity index (χ3v) is 4.13. The number of nitrogens with one attached hydrogen (secondary N) is 1. The molecule has 0 radical (unpaired) electrons. The standard InChI is InChI=1S/C20H18N2O4/c1-3-13-4-6-14(7-5-13)12-17-18(23)21-20(25)22(19(17)24)15-8-10-16(26-2)11-9-15/h4-12H,3H2,1-2H3,(H,21,23,25)/b17-12+. The predicted molar refractivity (Wildman–Crippen MR) is 97.8 cm³/mol. The molecule has 1 aliphatic heterocycles. The van der Waals surface area contributed by atoms with Crippen molar-refractivity contribution in [3.8, 4) is 5.75 Å². The second-order valence-corrected chi connectivity index (χ2v) is 5.75. The number of hydrogen-bond donors (Lipinski definition) is 1. The summed E-state index contributed by atoms with van der Waals surface area (Å²) in [4.78, 5) is 38.0. The van der Waals surface area contributed by atoms with E-state index in [4.69, 9.17) is 4.74 Å². The molecule has 26 heavy (non-hydrogen) atoms. The second-order valence-electron chi connectivity index (χ2n) is 5.75. The minimum absolute atomic E-state index is 0.0929. The van der Waals surface area contributed by atoms with E-state index in [-0.39, 0.29) is 5.57 Å². The first-order valence-corrected chi connectivity index (χ1v) is 8.18. The Morgan fingerprint density at radius 3 is 2.23 bits per heavy atom. The van der Waals surface area contributed by atoms with Gasteiger partial charge < -0.3 is 4.74 Å². The summed E-state index contributed by atoms with van der Waals surface area (Å²) in [5, 5.41) is 2.21. The zero-order valence-corrected chi connectivity index (χ0v) is 14.5. The molecule has 0 spiro atoms. The first-order chi connectivity index (χ1) is 12.5. The van der Waals surface area contributed by atoms with E-state index in [0.717, 1.165) is 16.9 Å². The lowest BCUT2D eigenvalue weighted by Crippen LogP contribution is -2.54. The molecule has 6 heteroatoms. The Morgan fingerprint density at radius 2 is 1.65 bits per heavy atom. The Kier molecular flexibility index (Phi) is 4.84. The van der Waals surface area contributed by atoms with Crippen molar-refractivity contribution >= 4 is 29.6 Å². The number of ether oxygens (including phenoxy) is 1. The van der Waals surface area contributed by atoms with Gasteiger partial charge in [0.25, 0.3) is 11.8 Å². The maximum absolute atomic E-state index is 12.8. The van der Waals surface area contributed by atoms with Crippen LogP contribution in [0.15, 0.2) is 54.1 Å². The van der Waals surface area contributed by atoms with E-state index < -0.39 is 17.8 Å². The largest absolute Gasteiger partial charge is 0.497 e. The van der Waals surface area contributed by atoms with Gasteiger partial charge in [-0.2, -0.15) is 0 Å². The van der Waals surface area contributed by atoms with Gasteiger partial charge in [-0.1, -0.05) is 31.2 Å². The molecule has 0 saturated carbocycles. The molecule has 2 aromatic carbocycles. The Bertz CT molecular complexity index is 883. The predicted octanol–water partition coefficient (Wildman–Crippen LogP) is 2.92. The molecule has 4 amide bonds. The second kappa shape index (κ2) is 7.23. The molecule has 0 bridgehead atoms. The molecule has 1 aliphatic rings. The van der Waals surface area contributed by atoms with E-state index in [2.05, 4.69) is 5.32 Å². The molecule has 1 fully saturated rings. The quantitative estimate of drug-likeness (QED) is 0.679. The number of rotatable bonds is 4. The van der Waals surface area contributed by atoms with Crippen LogP contribution in [-0.4, -0.2) is 25.0 Å². The first-order valence-electron chi connectivity index (χ1n) is 8.18. The number of barbiturate groups is 1. The number of benzene rings is 2. The van der Waals surface area contributed by atoms with Gasteiger partial charge in [-0.15, -0.1) is 0 Å². The van der Waals surface area contributed by atoms with Crippen molar-refractivity contribution in [2.75, 3.05) is 12.0 Å². The average molecular weight is 350 g/mol. The molecule has 1 N–H and O–H groups in total. The summed E-state index contributed by atoms with van der Waals surface area (Å²) in [6, 6.07) is 13.2. The van der Waals surface area contributed by atoms with Crippen molar-refractivity contribution in [2.45, 2.75) is 13.3 Å². The fraction of sp³-hybridized carbons (Fsp3) is 0.150. The number of carbonyl (C=O) groups is 3. The van der Waals surface area contributed by atoms with Crippen molar-refractivity contribution in [3.63, 3.8) is 0 Å². The van der Waals surface area contributed by atoms with Crippen LogP contribution < -0.4 is 15.0 Å². The molecule has 132 valence electrons. The van der Waals surface area contributed by atoms with Crippen molar-refractivity contribution in [1.82, 2.24) is 5.32 Å². The molecule has 0 atom stereocenters.